The van der Waals surface area contributed by atoms with Crippen molar-refractivity contribution in [3.8, 4) is 22.5 Å². The van der Waals surface area contributed by atoms with Crippen molar-refractivity contribution in [1.82, 2.24) is 15.0 Å². The molecule has 0 amide bonds. The fraction of sp³-hybridized carbons (Fsp3) is 0.211. The van der Waals surface area contributed by atoms with Gasteiger partial charge in [-0.1, -0.05) is 51.1 Å². The highest BCUT2D eigenvalue weighted by Crippen LogP contribution is 2.27. The fourth-order valence-electron chi connectivity index (χ4n) is 2.21. The van der Waals surface area contributed by atoms with Gasteiger partial charge in [-0.15, -0.1) is 0 Å². The number of rotatable bonds is 2. The van der Waals surface area contributed by atoms with Crippen LogP contribution in [0, 0.1) is 0 Å². The van der Waals surface area contributed by atoms with Crippen molar-refractivity contribution in [2.45, 2.75) is 26.2 Å². The summed E-state index contributed by atoms with van der Waals surface area (Å²) in [6, 6.07) is 16.2. The minimum Gasteiger partial charge on any atom is -0.265 e. The van der Waals surface area contributed by atoms with Crippen molar-refractivity contribution in [3.05, 3.63) is 66.7 Å². The summed E-state index contributed by atoms with van der Waals surface area (Å²) in [6.45, 7) is 6.40. The molecule has 2 aromatic heterocycles. The highest BCUT2D eigenvalue weighted by Gasteiger charge is 2.19. The van der Waals surface area contributed by atoms with E-state index in [9.17, 15) is 0 Å². The molecule has 0 aliphatic carbocycles. The lowest BCUT2D eigenvalue weighted by Gasteiger charge is -2.18. The third-order valence-corrected chi connectivity index (χ3v) is 3.44. The van der Waals surface area contributed by atoms with Gasteiger partial charge in [-0.2, -0.15) is 0 Å². The van der Waals surface area contributed by atoms with Crippen molar-refractivity contribution < 1.29 is 0 Å². The van der Waals surface area contributed by atoms with Crippen LogP contribution in [0.5, 0.6) is 0 Å². The molecule has 22 heavy (non-hydrogen) atoms. The van der Waals surface area contributed by atoms with E-state index in [2.05, 4.69) is 37.9 Å². The van der Waals surface area contributed by atoms with E-state index < -0.39 is 0 Å². The molecule has 0 saturated heterocycles. The van der Waals surface area contributed by atoms with Gasteiger partial charge in [0.15, 0.2) is 0 Å². The Morgan fingerprint density at radius 3 is 1.82 bits per heavy atom. The second kappa shape index (κ2) is 5.68. The van der Waals surface area contributed by atoms with Crippen LogP contribution < -0.4 is 0 Å². The summed E-state index contributed by atoms with van der Waals surface area (Å²) >= 11 is 0. The number of hydrogen-bond donors (Lipinski definition) is 0. The topological polar surface area (TPSA) is 38.7 Å². The standard InChI is InChI=1S/C19H19N3/c1-19(2,3)18-21-16(14-7-5-4-6-8-14)13-17(22-18)15-9-11-20-12-10-15/h4-13H,1-3H3. The summed E-state index contributed by atoms with van der Waals surface area (Å²) in [4.78, 5) is 13.6. The first-order chi connectivity index (χ1) is 10.5. The van der Waals surface area contributed by atoms with Gasteiger partial charge >= 0.3 is 0 Å². The zero-order valence-electron chi connectivity index (χ0n) is 13.1. The molecular weight excluding hydrogens is 270 g/mol. The van der Waals surface area contributed by atoms with Crippen LogP contribution in [0.25, 0.3) is 22.5 Å². The van der Waals surface area contributed by atoms with Gasteiger partial charge in [-0.05, 0) is 18.2 Å². The SMILES string of the molecule is CC(C)(C)c1nc(-c2ccccc2)cc(-c2ccncc2)n1. The third kappa shape index (κ3) is 3.03. The molecule has 0 saturated carbocycles. The van der Waals surface area contributed by atoms with Gasteiger partial charge < -0.3 is 0 Å². The van der Waals surface area contributed by atoms with Gasteiger partial charge in [-0.25, -0.2) is 9.97 Å². The van der Waals surface area contributed by atoms with E-state index in [4.69, 9.17) is 9.97 Å². The molecular formula is C19H19N3. The maximum absolute atomic E-state index is 4.77. The van der Waals surface area contributed by atoms with Crippen LogP contribution >= 0.6 is 0 Å². The molecule has 0 spiro atoms. The maximum Gasteiger partial charge on any atom is 0.135 e. The van der Waals surface area contributed by atoms with Gasteiger partial charge in [0.2, 0.25) is 0 Å². The summed E-state index contributed by atoms with van der Waals surface area (Å²) in [5.41, 5.74) is 3.94. The van der Waals surface area contributed by atoms with Crippen LogP contribution in [0.2, 0.25) is 0 Å². The summed E-state index contributed by atoms with van der Waals surface area (Å²) in [5.74, 6) is 0.848. The van der Waals surface area contributed by atoms with Crippen molar-refractivity contribution in [2.75, 3.05) is 0 Å². The molecule has 3 heteroatoms. The molecule has 0 fully saturated rings. The van der Waals surface area contributed by atoms with E-state index in [1.54, 1.807) is 12.4 Å². The van der Waals surface area contributed by atoms with Crippen LogP contribution in [0.1, 0.15) is 26.6 Å². The van der Waals surface area contributed by atoms with Gasteiger partial charge in [-0.3, -0.25) is 4.98 Å². The molecule has 3 aromatic rings. The summed E-state index contributed by atoms with van der Waals surface area (Å²) < 4.78 is 0. The lowest BCUT2D eigenvalue weighted by molar-refractivity contribution is 0.547. The molecule has 110 valence electrons. The minimum atomic E-state index is -0.105. The Bertz CT molecular complexity index is 702. The van der Waals surface area contributed by atoms with Gasteiger partial charge in [0.05, 0.1) is 11.4 Å². The Labute approximate surface area is 131 Å². The zero-order valence-corrected chi connectivity index (χ0v) is 13.1. The summed E-state index contributed by atoms with van der Waals surface area (Å²) in [5, 5.41) is 0. The maximum atomic E-state index is 4.77. The molecule has 0 aliphatic rings. The number of hydrogen-bond acceptors (Lipinski definition) is 3. The largest absolute Gasteiger partial charge is 0.265 e. The number of aromatic nitrogens is 3. The lowest BCUT2D eigenvalue weighted by Crippen LogP contribution is -2.16. The van der Waals surface area contributed by atoms with Gasteiger partial charge in [0.1, 0.15) is 5.82 Å². The molecule has 3 rings (SSSR count). The second-order valence-electron chi connectivity index (χ2n) is 6.31. The van der Waals surface area contributed by atoms with Crippen molar-refractivity contribution >= 4 is 0 Å². The van der Waals surface area contributed by atoms with E-state index in [1.807, 2.05) is 36.4 Å². The van der Waals surface area contributed by atoms with Crippen molar-refractivity contribution in [3.63, 3.8) is 0 Å². The van der Waals surface area contributed by atoms with Crippen LogP contribution in [-0.2, 0) is 5.41 Å². The number of benzene rings is 1. The molecule has 0 N–H and O–H groups in total. The first kappa shape index (κ1) is 14.4. The Morgan fingerprint density at radius 2 is 1.27 bits per heavy atom. The number of nitrogens with zero attached hydrogens (tertiary/aromatic N) is 3. The lowest BCUT2D eigenvalue weighted by atomic mass is 9.95. The van der Waals surface area contributed by atoms with E-state index >= 15 is 0 Å². The van der Waals surface area contributed by atoms with E-state index in [0.717, 1.165) is 28.3 Å². The minimum absolute atomic E-state index is 0.105. The average molecular weight is 289 g/mol. The monoisotopic (exact) mass is 289 g/mol. The van der Waals surface area contributed by atoms with E-state index in [-0.39, 0.29) is 5.41 Å². The zero-order chi connectivity index (χ0) is 15.6. The molecule has 0 aliphatic heterocycles. The smallest absolute Gasteiger partial charge is 0.135 e. The molecule has 2 heterocycles. The Hall–Kier alpha value is -2.55. The predicted molar refractivity (Wildman–Crippen MR) is 89.4 cm³/mol. The Kier molecular flexibility index (Phi) is 3.72. The number of pyridine rings is 1. The fourth-order valence-corrected chi connectivity index (χ4v) is 2.21. The molecule has 3 nitrogen and oxygen atoms in total. The van der Waals surface area contributed by atoms with Crippen LogP contribution in [0.4, 0.5) is 0 Å². The van der Waals surface area contributed by atoms with Crippen LogP contribution in [0.3, 0.4) is 0 Å². The Balaban J connectivity index is 2.19. The molecule has 0 radical (unpaired) electrons. The highest BCUT2D eigenvalue weighted by molar-refractivity contribution is 5.67. The summed E-state index contributed by atoms with van der Waals surface area (Å²) in [6.07, 6.45) is 3.58. The first-order valence-corrected chi connectivity index (χ1v) is 7.39. The molecule has 0 bridgehead atoms. The first-order valence-electron chi connectivity index (χ1n) is 7.39. The van der Waals surface area contributed by atoms with Gasteiger partial charge in [0, 0.05) is 28.9 Å². The normalized spacial score (nSPS) is 11.4. The highest BCUT2D eigenvalue weighted by atomic mass is 14.9. The van der Waals surface area contributed by atoms with Gasteiger partial charge in [0.25, 0.3) is 0 Å². The van der Waals surface area contributed by atoms with E-state index in [0.29, 0.717) is 0 Å². The third-order valence-electron chi connectivity index (χ3n) is 3.44. The molecule has 0 unspecified atom stereocenters. The second-order valence-corrected chi connectivity index (χ2v) is 6.31. The van der Waals surface area contributed by atoms with Crippen molar-refractivity contribution in [2.24, 2.45) is 0 Å². The van der Waals surface area contributed by atoms with E-state index in [1.165, 1.54) is 0 Å². The van der Waals surface area contributed by atoms with Crippen LogP contribution in [0.15, 0.2) is 60.9 Å². The quantitative estimate of drug-likeness (QED) is 0.697. The average Bonchev–Trinajstić information content (AvgIpc) is 2.55. The summed E-state index contributed by atoms with van der Waals surface area (Å²) in [7, 11) is 0. The molecule has 1 aromatic carbocycles. The predicted octanol–water partition coefficient (Wildman–Crippen LogP) is 4.50. The molecule has 0 atom stereocenters. The van der Waals surface area contributed by atoms with Crippen molar-refractivity contribution in [1.29, 1.82) is 0 Å². The van der Waals surface area contributed by atoms with Crippen LogP contribution in [-0.4, -0.2) is 15.0 Å². The Morgan fingerprint density at radius 1 is 0.727 bits per heavy atom.